The summed E-state index contributed by atoms with van der Waals surface area (Å²) in [5, 5.41) is 2.06. The summed E-state index contributed by atoms with van der Waals surface area (Å²) in [5.74, 6) is -0.727. The lowest BCUT2D eigenvalue weighted by molar-refractivity contribution is -0.294. The van der Waals surface area contributed by atoms with Crippen LogP contribution in [0.1, 0.15) is 31.4 Å². The molecule has 2 aromatic rings. The Kier molecular flexibility index (Phi) is 5.54. The van der Waals surface area contributed by atoms with Gasteiger partial charge in [0.05, 0.1) is 25.9 Å². The Morgan fingerprint density at radius 2 is 1.67 bits per heavy atom. The molecule has 4 aliphatic rings. The van der Waals surface area contributed by atoms with Crippen LogP contribution in [0.25, 0.3) is 0 Å². The van der Waals surface area contributed by atoms with Crippen LogP contribution in [0, 0.1) is 0 Å². The van der Waals surface area contributed by atoms with Crippen molar-refractivity contribution in [3.05, 3.63) is 71.8 Å². The van der Waals surface area contributed by atoms with Crippen molar-refractivity contribution >= 4 is 0 Å². The van der Waals surface area contributed by atoms with E-state index in [-0.39, 0.29) is 24.4 Å². The largest absolute Gasteiger partial charge is 0.375 e. The maximum absolute atomic E-state index is 6.71. The summed E-state index contributed by atoms with van der Waals surface area (Å²) >= 11 is 0. The molecule has 0 unspecified atom stereocenters. The van der Waals surface area contributed by atoms with Gasteiger partial charge in [-0.15, -0.1) is 0 Å². The first-order valence-corrected chi connectivity index (χ1v) is 11.8. The number of benzene rings is 2. The van der Waals surface area contributed by atoms with E-state index in [1.165, 1.54) is 5.56 Å². The highest BCUT2D eigenvalue weighted by molar-refractivity contribution is 5.18. The highest BCUT2D eigenvalue weighted by atomic mass is 16.9. The monoisotopic (exact) mass is 453 g/mol. The van der Waals surface area contributed by atoms with Gasteiger partial charge >= 0.3 is 0 Å². The molecular weight excluding hydrogens is 422 g/mol. The summed E-state index contributed by atoms with van der Waals surface area (Å²) in [4.78, 5) is 6.32. The molecular formula is C26H31NO6. The third-order valence-corrected chi connectivity index (χ3v) is 6.97. The molecule has 6 atom stereocenters. The SMILES string of the molecule is CC1(C)O[C@H]2O[C@@]3(COC[C@@H]4C[C@H]3N(Cc3ccccc3)O4)[C@H](OCc3ccccc3)[C@H]2O1. The zero-order valence-electron chi connectivity index (χ0n) is 19.1. The predicted molar refractivity (Wildman–Crippen MR) is 119 cm³/mol. The van der Waals surface area contributed by atoms with Gasteiger partial charge in [-0.3, -0.25) is 4.84 Å². The first-order valence-electron chi connectivity index (χ1n) is 11.8. The Hall–Kier alpha value is -1.84. The fraction of sp³-hybridized carbons (Fsp3) is 0.538. The van der Waals surface area contributed by atoms with Crippen LogP contribution in [0.15, 0.2) is 60.7 Å². The van der Waals surface area contributed by atoms with Crippen molar-refractivity contribution in [2.45, 2.75) is 75.5 Å². The van der Waals surface area contributed by atoms with Crippen molar-refractivity contribution in [3.8, 4) is 0 Å². The van der Waals surface area contributed by atoms with Crippen LogP contribution in [0.5, 0.6) is 0 Å². The van der Waals surface area contributed by atoms with Crippen LogP contribution in [-0.4, -0.2) is 60.3 Å². The van der Waals surface area contributed by atoms with E-state index in [0.717, 1.165) is 12.0 Å². The summed E-state index contributed by atoms with van der Waals surface area (Å²) in [5.41, 5.74) is 1.53. The molecule has 0 radical (unpaired) electrons. The topological polar surface area (TPSA) is 58.6 Å². The lowest BCUT2D eigenvalue weighted by atomic mass is 9.85. The minimum Gasteiger partial charge on any atom is -0.375 e. The highest BCUT2D eigenvalue weighted by Gasteiger charge is 2.68. The number of hydrogen-bond donors (Lipinski definition) is 0. The van der Waals surface area contributed by atoms with Crippen LogP contribution in [0.2, 0.25) is 0 Å². The molecule has 0 saturated carbocycles. The molecule has 176 valence electrons. The minimum absolute atomic E-state index is 0.00446. The van der Waals surface area contributed by atoms with Gasteiger partial charge in [0.2, 0.25) is 0 Å². The van der Waals surface area contributed by atoms with Crippen LogP contribution in [0.4, 0.5) is 0 Å². The zero-order valence-corrected chi connectivity index (χ0v) is 19.1. The smallest absolute Gasteiger partial charge is 0.190 e. The van der Waals surface area contributed by atoms with E-state index in [1.807, 2.05) is 38.1 Å². The lowest BCUT2D eigenvalue weighted by Crippen LogP contribution is -2.60. The Bertz CT molecular complexity index is 956. The quantitative estimate of drug-likeness (QED) is 0.688. The van der Waals surface area contributed by atoms with Crippen molar-refractivity contribution in [1.82, 2.24) is 5.06 Å². The van der Waals surface area contributed by atoms with Gasteiger partial charge in [-0.25, -0.2) is 0 Å². The highest BCUT2D eigenvalue weighted by Crippen LogP contribution is 2.50. The minimum atomic E-state index is -0.763. The first-order chi connectivity index (χ1) is 16.0. The zero-order chi connectivity index (χ0) is 22.5. The fourth-order valence-corrected chi connectivity index (χ4v) is 5.57. The molecule has 2 aromatic carbocycles. The molecule has 33 heavy (non-hydrogen) atoms. The maximum atomic E-state index is 6.71. The Balaban J connectivity index is 1.32. The van der Waals surface area contributed by atoms with Gasteiger partial charge in [0, 0.05) is 6.54 Å². The third-order valence-electron chi connectivity index (χ3n) is 6.97. The third kappa shape index (κ3) is 4.02. The lowest BCUT2D eigenvalue weighted by Gasteiger charge is -2.43. The van der Waals surface area contributed by atoms with E-state index >= 15 is 0 Å². The number of hydroxylamine groups is 2. The molecule has 4 aliphatic heterocycles. The molecule has 0 amide bonds. The van der Waals surface area contributed by atoms with Crippen molar-refractivity contribution < 1.29 is 28.5 Å². The number of ether oxygens (including phenoxy) is 5. The number of hydrogen-bond acceptors (Lipinski definition) is 7. The Labute approximate surface area is 194 Å². The second-order valence-electron chi connectivity index (χ2n) is 9.81. The van der Waals surface area contributed by atoms with Gasteiger partial charge in [-0.1, -0.05) is 60.7 Å². The van der Waals surface area contributed by atoms with Crippen LogP contribution >= 0.6 is 0 Å². The van der Waals surface area contributed by atoms with E-state index in [2.05, 4.69) is 41.5 Å². The Morgan fingerprint density at radius 1 is 0.939 bits per heavy atom. The van der Waals surface area contributed by atoms with Crippen molar-refractivity contribution in [2.75, 3.05) is 13.2 Å². The average Bonchev–Trinajstić information content (AvgIpc) is 3.37. The van der Waals surface area contributed by atoms with E-state index in [9.17, 15) is 0 Å². The summed E-state index contributed by atoms with van der Waals surface area (Å²) in [6.45, 7) is 5.88. The molecule has 4 fully saturated rings. The van der Waals surface area contributed by atoms with E-state index in [0.29, 0.717) is 26.4 Å². The molecule has 0 aromatic heterocycles. The van der Waals surface area contributed by atoms with Gasteiger partial charge in [0.1, 0.15) is 23.9 Å². The molecule has 4 saturated heterocycles. The molecule has 0 N–H and O–H groups in total. The second kappa shape index (κ2) is 8.43. The second-order valence-corrected chi connectivity index (χ2v) is 9.81. The summed E-state index contributed by atoms with van der Waals surface area (Å²) in [6, 6.07) is 20.5. The number of fused-ring (bicyclic) bond motifs is 4. The van der Waals surface area contributed by atoms with Gasteiger partial charge in [-0.05, 0) is 31.4 Å². The van der Waals surface area contributed by atoms with Crippen LogP contribution in [-0.2, 0) is 41.7 Å². The van der Waals surface area contributed by atoms with Crippen LogP contribution in [0.3, 0.4) is 0 Å². The van der Waals surface area contributed by atoms with Crippen molar-refractivity contribution in [1.29, 1.82) is 0 Å². The molecule has 6 rings (SSSR count). The standard InChI is InChI=1S/C26H31NO6/c1-25(2)30-22-23(29-15-19-11-7-4-8-12-19)26(32-24(22)31-25)17-28-16-20-13-21(26)27(33-20)14-18-9-5-3-6-10-18/h3-12,20-24H,13-17H2,1-2H3/t20-,21+,22+,23+,24-,26+/m0/s1. The van der Waals surface area contributed by atoms with E-state index < -0.39 is 17.7 Å². The number of nitrogens with zero attached hydrogens (tertiary/aromatic N) is 1. The molecule has 2 bridgehead atoms. The summed E-state index contributed by atoms with van der Waals surface area (Å²) < 4.78 is 31.9. The normalized spacial score (nSPS) is 37.3. The van der Waals surface area contributed by atoms with E-state index in [1.54, 1.807) is 0 Å². The first kappa shape index (κ1) is 21.7. The predicted octanol–water partition coefficient (Wildman–Crippen LogP) is 3.42. The summed E-state index contributed by atoms with van der Waals surface area (Å²) in [6.07, 6.45) is -0.424. The van der Waals surface area contributed by atoms with Gasteiger partial charge in [0.25, 0.3) is 0 Å². The molecule has 7 nitrogen and oxygen atoms in total. The average molecular weight is 454 g/mol. The van der Waals surface area contributed by atoms with Gasteiger partial charge in [-0.2, -0.15) is 5.06 Å². The Morgan fingerprint density at radius 3 is 2.42 bits per heavy atom. The number of rotatable bonds is 5. The van der Waals surface area contributed by atoms with Gasteiger partial charge < -0.3 is 23.7 Å². The van der Waals surface area contributed by atoms with Crippen molar-refractivity contribution in [2.24, 2.45) is 0 Å². The molecule has 0 aliphatic carbocycles. The maximum Gasteiger partial charge on any atom is 0.190 e. The fourth-order valence-electron chi connectivity index (χ4n) is 5.57. The molecule has 7 heteroatoms. The van der Waals surface area contributed by atoms with E-state index in [4.69, 9.17) is 28.5 Å². The van der Waals surface area contributed by atoms with Gasteiger partial charge in [0.15, 0.2) is 12.1 Å². The van der Waals surface area contributed by atoms with Crippen molar-refractivity contribution in [3.63, 3.8) is 0 Å². The molecule has 4 heterocycles. The molecule has 1 spiro atoms. The summed E-state index contributed by atoms with van der Waals surface area (Å²) in [7, 11) is 0. The van der Waals surface area contributed by atoms with Crippen LogP contribution < -0.4 is 0 Å².